The van der Waals surface area contributed by atoms with E-state index in [0.29, 0.717) is 6.54 Å². The average Bonchev–Trinajstić information content (AvgIpc) is 2.95. The zero-order valence-corrected chi connectivity index (χ0v) is 11.6. The fourth-order valence-electron chi connectivity index (χ4n) is 2.33. The van der Waals surface area contributed by atoms with Gasteiger partial charge in [0.2, 0.25) is 0 Å². The second-order valence-electron chi connectivity index (χ2n) is 4.89. The lowest BCUT2D eigenvalue weighted by Gasteiger charge is -2.21. The van der Waals surface area contributed by atoms with E-state index in [9.17, 15) is 0 Å². The van der Waals surface area contributed by atoms with Crippen molar-refractivity contribution in [3.05, 3.63) is 39.5 Å². The van der Waals surface area contributed by atoms with Crippen molar-refractivity contribution in [2.24, 2.45) is 5.73 Å². The number of thiophene rings is 1. The largest absolute Gasteiger partial charge is 0.485 e. The predicted molar refractivity (Wildman–Crippen MR) is 76.6 cm³/mol. The Labute approximate surface area is 115 Å². The highest BCUT2D eigenvalue weighted by molar-refractivity contribution is 7.08. The number of hydrogen-bond donors (Lipinski definition) is 1. The Kier molecular flexibility index (Phi) is 2.85. The molecule has 0 aliphatic carbocycles. The fourth-order valence-corrected chi connectivity index (χ4v) is 3.23. The molecule has 1 aliphatic heterocycles. The van der Waals surface area contributed by atoms with Crippen LogP contribution in [-0.4, -0.2) is 12.1 Å². The van der Waals surface area contributed by atoms with Gasteiger partial charge in [0, 0.05) is 29.1 Å². The molecule has 2 heterocycles. The van der Waals surface area contributed by atoms with Crippen molar-refractivity contribution >= 4 is 22.9 Å². The zero-order valence-electron chi connectivity index (χ0n) is 10.1. The Hall–Kier alpha value is -1.03. The molecule has 94 valence electrons. The lowest BCUT2D eigenvalue weighted by Crippen LogP contribution is -2.38. The number of nitrogens with two attached hydrogens (primary N) is 1. The van der Waals surface area contributed by atoms with Crippen molar-refractivity contribution in [1.82, 2.24) is 0 Å². The van der Waals surface area contributed by atoms with Crippen LogP contribution < -0.4 is 10.5 Å². The van der Waals surface area contributed by atoms with Gasteiger partial charge >= 0.3 is 0 Å². The SMILES string of the molecule is C[C@]1(CN)Cc2cc(Cl)cc(-c3ccsc3)c2O1. The summed E-state index contributed by atoms with van der Waals surface area (Å²) in [5.74, 6) is 0.936. The number of fused-ring (bicyclic) bond motifs is 1. The molecule has 18 heavy (non-hydrogen) atoms. The monoisotopic (exact) mass is 279 g/mol. The van der Waals surface area contributed by atoms with Crippen LogP contribution >= 0.6 is 22.9 Å². The number of benzene rings is 1. The molecule has 1 aromatic heterocycles. The molecule has 0 saturated heterocycles. The lowest BCUT2D eigenvalue weighted by molar-refractivity contribution is 0.126. The highest BCUT2D eigenvalue weighted by Crippen LogP contribution is 2.44. The first kappa shape index (κ1) is 12.0. The van der Waals surface area contributed by atoms with Gasteiger partial charge in [-0.25, -0.2) is 0 Å². The summed E-state index contributed by atoms with van der Waals surface area (Å²) >= 11 is 7.87. The van der Waals surface area contributed by atoms with Crippen LogP contribution in [0.15, 0.2) is 29.0 Å². The Balaban J connectivity index is 2.14. The standard InChI is InChI=1S/C14H14ClNOS/c1-14(8-16)6-10-4-11(15)5-12(13(10)17-14)9-2-3-18-7-9/h2-5,7H,6,8,16H2,1H3/t14-/m1/s1. The van der Waals surface area contributed by atoms with Gasteiger partial charge in [0.05, 0.1) is 0 Å². The van der Waals surface area contributed by atoms with Gasteiger partial charge in [-0.05, 0) is 41.4 Å². The Morgan fingerprint density at radius 1 is 1.50 bits per heavy atom. The molecule has 2 aromatic rings. The van der Waals surface area contributed by atoms with Crippen molar-refractivity contribution < 1.29 is 4.74 Å². The zero-order chi connectivity index (χ0) is 12.8. The molecule has 2 nitrogen and oxygen atoms in total. The van der Waals surface area contributed by atoms with E-state index in [2.05, 4.69) is 16.8 Å². The average molecular weight is 280 g/mol. The van der Waals surface area contributed by atoms with Crippen LogP contribution in [0.3, 0.4) is 0 Å². The van der Waals surface area contributed by atoms with Crippen LogP contribution in [0, 0.1) is 0 Å². The van der Waals surface area contributed by atoms with Crippen molar-refractivity contribution in [3.63, 3.8) is 0 Å². The van der Waals surface area contributed by atoms with Gasteiger partial charge in [0.1, 0.15) is 11.4 Å². The quantitative estimate of drug-likeness (QED) is 0.909. The van der Waals surface area contributed by atoms with E-state index in [-0.39, 0.29) is 5.60 Å². The molecule has 1 aliphatic rings. The van der Waals surface area contributed by atoms with Crippen molar-refractivity contribution in [3.8, 4) is 16.9 Å². The topological polar surface area (TPSA) is 35.2 Å². The minimum absolute atomic E-state index is 0.308. The number of ether oxygens (including phenoxy) is 1. The summed E-state index contributed by atoms with van der Waals surface area (Å²) < 4.78 is 6.07. The summed E-state index contributed by atoms with van der Waals surface area (Å²) in [4.78, 5) is 0. The molecule has 0 spiro atoms. The third-order valence-electron chi connectivity index (χ3n) is 3.31. The summed E-state index contributed by atoms with van der Waals surface area (Å²) in [7, 11) is 0. The molecule has 0 radical (unpaired) electrons. The summed E-state index contributed by atoms with van der Waals surface area (Å²) in [6, 6.07) is 6.02. The Bertz CT molecular complexity index is 582. The normalized spacial score (nSPS) is 21.7. The molecule has 0 saturated carbocycles. The van der Waals surface area contributed by atoms with E-state index in [1.165, 1.54) is 0 Å². The van der Waals surface area contributed by atoms with Crippen molar-refractivity contribution in [2.75, 3.05) is 6.54 Å². The first-order chi connectivity index (χ1) is 8.61. The predicted octanol–water partition coefficient (Wildman–Crippen LogP) is 3.72. The van der Waals surface area contributed by atoms with Gasteiger partial charge in [0.25, 0.3) is 0 Å². The minimum atomic E-state index is -0.308. The van der Waals surface area contributed by atoms with Gasteiger partial charge in [-0.3, -0.25) is 0 Å². The first-order valence-corrected chi connectivity index (χ1v) is 7.17. The van der Waals surface area contributed by atoms with Crippen LogP contribution in [0.4, 0.5) is 0 Å². The van der Waals surface area contributed by atoms with Gasteiger partial charge in [-0.1, -0.05) is 11.6 Å². The van der Waals surface area contributed by atoms with Crippen LogP contribution in [-0.2, 0) is 6.42 Å². The third kappa shape index (κ3) is 1.92. The van der Waals surface area contributed by atoms with Crippen molar-refractivity contribution in [2.45, 2.75) is 18.9 Å². The van der Waals surface area contributed by atoms with Crippen LogP contribution in [0.2, 0.25) is 5.02 Å². The van der Waals surface area contributed by atoms with E-state index < -0.39 is 0 Å². The van der Waals surface area contributed by atoms with E-state index in [1.54, 1.807) is 11.3 Å². The molecule has 0 bridgehead atoms. The fraction of sp³-hybridized carbons (Fsp3) is 0.286. The van der Waals surface area contributed by atoms with Crippen molar-refractivity contribution in [1.29, 1.82) is 0 Å². The highest BCUT2D eigenvalue weighted by Gasteiger charge is 2.35. The summed E-state index contributed by atoms with van der Waals surface area (Å²) in [5, 5.41) is 4.91. The molecular formula is C14H14ClNOS. The van der Waals surface area contributed by atoms with Gasteiger partial charge < -0.3 is 10.5 Å². The molecular weight excluding hydrogens is 266 g/mol. The summed E-state index contributed by atoms with van der Waals surface area (Å²) in [6.45, 7) is 2.54. The van der Waals surface area contributed by atoms with Crippen LogP contribution in [0.5, 0.6) is 5.75 Å². The molecule has 3 rings (SSSR count). The minimum Gasteiger partial charge on any atom is -0.485 e. The maximum Gasteiger partial charge on any atom is 0.131 e. The molecule has 1 atom stereocenters. The van der Waals surface area contributed by atoms with Crippen LogP contribution in [0.25, 0.3) is 11.1 Å². The summed E-state index contributed by atoms with van der Waals surface area (Å²) in [6.07, 6.45) is 0.816. The molecule has 0 amide bonds. The smallest absolute Gasteiger partial charge is 0.131 e. The Morgan fingerprint density at radius 2 is 2.33 bits per heavy atom. The van der Waals surface area contributed by atoms with Gasteiger partial charge in [-0.2, -0.15) is 11.3 Å². The van der Waals surface area contributed by atoms with E-state index in [0.717, 1.165) is 33.9 Å². The number of hydrogen-bond acceptors (Lipinski definition) is 3. The second kappa shape index (κ2) is 4.26. The summed E-state index contributed by atoms with van der Waals surface area (Å²) in [5.41, 5.74) is 8.86. The molecule has 2 N–H and O–H groups in total. The van der Waals surface area contributed by atoms with Gasteiger partial charge in [-0.15, -0.1) is 0 Å². The molecule has 4 heteroatoms. The van der Waals surface area contributed by atoms with E-state index in [1.807, 2.05) is 19.1 Å². The third-order valence-corrected chi connectivity index (χ3v) is 4.21. The first-order valence-electron chi connectivity index (χ1n) is 5.85. The van der Waals surface area contributed by atoms with Gasteiger partial charge in [0.15, 0.2) is 0 Å². The number of halogens is 1. The van der Waals surface area contributed by atoms with E-state index >= 15 is 0 Å². The highest BCUT2D eigenvalue weighted by atomic mass is 35.5. The lowest BCUT2D eigenvalue weighted by atomic mass is 9.97. The number of rotatable bonds is 2. The second-order valence-corrected chi connectivity index (χ2v) is 6.10. The van der Waals surface area contributed by atoms with E-state index in [4.69, 9.17) is 22.1 Å². The Morgan fingerprint density at radius 3 is 3.00 bits per heavy atom. The molecule has 0 unspecified atom stereocenters. The van der Waals surface area contributed by atoms with Crippen LogP contribution in [0.1, 0.15) is 12.5 Å². The molecule has 0 fully saturated rings. The maximum atomic E-state index is 6.20. The maximum absolute atomic E-state index is 6.20. The molecule has 1 aromatic carbocycles.